The number of hydrogen-bond acceptors (Lipinski definition) is 3. The van der Waals surface area contributed by atoms with Gasteiger partial charge < -0.3 is 15.7 Å². The second-order valence-corrected chi connectivity index (χ2v) is 6.46. The third-order valence-corrected chi connectivity index (χ3v) is 3.56. The van der Waals surface area contributed by atoms with E-state index >= 15 is 0 Å². The molecule has 0 aliphatic heterocycles. The van der Waals surface area contributed by atoms with Crippen LogP contribution in [0.3, 0.4) is 0 Å². The van der Waals surface area contributed by atoms with E-state index in [1.807, 2.05) is 20.8 Å². The van der Waals surface area contributed by atoms with Crippen molar-refractivity contribution in [2.24, 2.45) is 11.8 Å². The number of amides is 1. The van der Waals surface area contributed by atoms with Gasteiger partial charge in [0.05, 0.1) is 12.5 Å². The lowest BCUT2D eigenvalue weighted by Crippen LogP contribution is -2.44. The summed E-state index contributed by atoms with van der Waals surface area (Å²) < 4.78 is 0. The first-order chi connectivity index (χ1) is 8.78. The van der Waals surface area contributed by atoms with Gasteiger partial charge in [-0.3, -0.25) is 9.59 Å². The quantitative estimate of drug-likeness (QED) is 0.705. The van der Waals surface area contributed by atoms with Crippen molar-refractivity contribution in [3.05, 3.63) is 0 Å². The number of carbonyl (C=O) groups excluding carboxylic acids is 1. The van der Waals surface area contributed by atoms with Crippen LogP contribution in [0.25, 0.3) is 0 Å². The normalized spacial score (nSPS) is 23.9. The first kappa shape index (κ1) is 16.0. The third-order valence-electron chi connectivity index (χ3n) is 3.56. The van der Waals surface area contributed by atoms with E-state index in [9.17, 15) is 9.59 Å². The molecule has 3 N–H and O–H groups in total. The van der Waals surface area contributed by atoms with Gasteiger partial charge in [-0.1, -0.05) is 0 Å². The van der Waals surface area contributed by atoms with Crippen molar-refractivity contribution in [3.63, 3.8) is 0 Å². The molecule has 0 heterocycles. The molecular formula is C14H26N2O3. The summed E-state index contributed by atoms with van der Waals surface area (Å²) in [6, 6.07) is 0. The third kappa shape index (κ3) is 6.57. The van der Waals surface area contributed by atoms with Gasteiger partial charge in [-0.15, -0.1) is 0 Å². The molecule has 19 heavy (non-hydrogen) atoms. The fourth-order valence-corrected chi connectivity index (χ4v) is 2.28. The maximum atomic E-state index is 11.6. The zero-order chi connectivity index (χ0) is 14.5. The number of rotatable bonds is 5. The van der Waals surface area contributed by atoms with E-state index in [0.717, 1.165) is 25.7 Å². The Morgan fingerprint density at radius 2 is 1.74 bits per heavy atom. The van der Waals surface area contributed by atoms with Crippen LogP contribution in [0.1, 0.15) is 46.5 Å². The molecule has 1 aliphatic carbocycles. The molecule has 0 saturated heterocycles. The van der Waals surface area contributed by atoms with Crippen molar-refractivity contribution in [1.82, 2.24) is 10.6 Å². The Kier molecular flexibility index (Phi) is 5.79. The van der Waals surface area contributed by atoms with Crippen molar-refractivity contribution < 1.29 is 14.7 Å². The average Bonchev–Trinajstić information content (AvgIpc) is 2.33. The molecular weight excluding hydrogens is 244 g/mol. The van der Waals surface area contributed by atoms with E-state index in [1.165, 1.54) is 0 Å². The monoisotopic (exact) mass is 270 g/mol. The maximum absolute atomic E-state index is 11.6. The van der Waals surface area contributed by atoms with Crippen molar-refractivity contribution in [2.45, 2.75) is 52.0 Å². The van der Waals surface area contributed by atoms with Gasteiger partial charge in [0.15, 0.2) is 0 Å². The van der Waals surface area contributed by atoms with E-state index in [0.29, 0.717) is 19.0 Å². The predicted octanol–water partition coefficient (Wildman–Crippen LogP) is 1.38. The summed E-state index contributed by atoms with van der Waals surface area (Å²) in [6.45, 7) is 7.05. The van der Waals surface area contributed by atoms with Crippen LogP contribution >= 0.6 is 0 Å². The molecule has 0 unspecified atom stereocenters. The summed E-state index contributed by atoms with van der Waals surface area (Å²) in [5.41, 5.74) is -0.0586. The van der Waals surface area contributed by atoms with Crippen LogP contribution in [-0.4, -0.2) is 35.6 Å². The molecule has 110 valence electrons. The Hall–Kier alpha value is -1.10. The number of nitrogens with one attached hydrogen (secondary N) is 2. The summed E-state index contributed by atoms with van der Waals surface area (Å²) in [4.78, 5) is 22.5. The fourth-order valence-electron chi connectivity index (χ4n) is 2.28. The summed E-state index contributed by atoms with van der Waals surface area (Å²) in [7, 11) is 0. The van der Waals surface area contributed by atoms with Crippen molar-refractivity contribution >= 4 is 11.9 Å². The molecule has 1 rings (SSSR count). The van der Waals surface area contributed by atoms with E-state index < -0.39 is 5.97 Å². The molecule has 0 aromatic heterocycles. The lowest BCUT2D eigenvalue weighted by Gasteiger charge is -2.26. The summed E-state index contributed by atoms with van der Waals surface area (Å²) in [5.74, 6) is -0.434. The average molecular weight is 270 g/mol. The highest BCUT2D eigenvalue weighted by atomic mass is 16.4. The molecule has 1 amide bonds. The second kappa shape index (κ2) is 6.89. The highest BCUT2D eigenvalue weighted by Gasteiger charge is 2.25. The van der Waals surface area contributed by atoms with Crippen LogP contribution in [0.5, 0.6) is 0 Å². The van der Waals surface area contributed by atoms with E-state index in [-0.39, 0.29) is 17.4 Å². The second-order valence-electron chi connectivity index (χ2n) is 6.46. The van der Waals surface area contributed by atoms with Crippen LogP contribution in [-0.2, 0) is 9.59 Å². The van der Waals surface area contributed by atoms with Crippen LogP contribution in [0.2, 0.25) is 0 Å². The van der Waals surface area contributed by atoms with E-state index in [4.69, 9.17) is 5.11 Å². The molecule has 1 saturated carbocycles. The Morgan fingerprint density at radius 1 is 1.16 bits per heavy atom. The van der Waals surface area contributed by atoms with E-state index in [2.05, 4.69) is 10.6 Å². The van der Waals surface area contributed by atoms with Gasteiger partial charge >= 0.3 is 5.97 Å². The predicted molar refractivity (Wildman–Crippen MR) is 73.8 cm³/mol. The summed E-state index contributed by atoms with van der Waals surface area (Å²) >= 11 is 0. The highest BCUT2D eigenvalue weighted by molar-refractivity contribution is 5.78. The molecule has 0 bridgehead atoms. The minimum atomic E-state index is -0.683. The molecule has 0 aromatic rings. The van der Waals surface area contributed by atoms with Gasteiger partial charge in [-0.2, -0.15) is 0 Å². The van der Waals surface area contributed by atoms with Crippen LogP contribution in [0, 0.1) is 11.8 Å². The molecule has 0 aromatic carbocycles. The van der Waals surface area contributed by atoms with Gasteiger partial charge in [0.2, 0.25) is 5.91 Å². The Balaban J connectivity index is 2.17. The van der Waals surface area contributed by atoms with Crippen molar-refractivity contribution in [1.29, 1.82) is 0 Å². The van der Waals surface area contributed by atoms with Gasteiger partial charge in [0, 0.05) is 12.1 Å². The largest absolute Gasteiger partial charge is 0.481 e. The number of carboxylic acid groups (broad SMARTS) is 1. The summed E-state index contributed by atoms with van der Waals surface area (Å²) in [5, 5.41) is 15.0. The Labute approximate surface area is 115 Å². The van der Waals surface area contributed by atoms with Crippen molar-refractivity contribution in [3.8, 4) is 0 Å². The van der Waals surface area contributed by atoms with Crippen LogP contribution in [0.4, 0.5) is 0 Å². The van der Waals surface area contributed by atoms with Crippen molar-refractivity contribution in [2.75, 3.05) is 13.1 Å². The molecule has 5 heteroatoms. The zero-order valence-corrected chi connectivity index (χ0v) is 12.2. The van der Waals surface area contributed by atoms with Gasteiger partial charge in [0.1, 0.15) is 0 Å². The first-order valence-electron chi connectivity index (χ1n) is 7.02. The minimum absolute atomic E-state index is 0.00952. The van der Waals surface area contributed by atoms with Gasteiger partial charge in [-0.25, -0.2) is 0 Å². The summed E-state index contributed by atoms with van der Waals surface area (Å²) in [6.07, 6.45) is 3.25. The van der Waals surface area contributed by atoms with Gasteiger partial charge in [0.25, 0.3) is 0 Å². The Morgan fingerprint density at radius 3 is 2.21 bits per heavy atom. The highest BCUT2D eigenvalue weighted by Crippen LogP contribution is 2.28. The SMILES string of the molecule is CC(C)(C)NCC(=O)NCC1CCC(C(=O)O)CC1. The maximum Gasteiger partial charge on any atom is 0.306 e. The lowest BCUT2D eigenvalue weighted by atomic mass is 9.82. The Bertz CT molecular complexity index is 315. The van der Waals surface area contributed by atoms with Gasteiger partial charge in [-0.05, 0) is 52.4 Å². The number of carbonyl (C=O) groups is 2. The zero-order valence-electron chi connectivity index (χ0n) is 12.2. The number of carboxylic acids is 1. The van der Waals surface area contributed by atoms with Crippen LogP contribution < -0.4 is 10.6 Å². The number of hydrogen-bond donors (Lipinski definition) is 3. The minimum Gasteiger partial charge on any atom is -0.481 e. The molecule has 0 spiro atoms. The standard InChI is InChI=1S/C14H26N2O3/c1-14(2,3)16-9-12(17)15-8-10-4-6-11(7-5-10)13(18)19/h10-11,16H,4-9H2,1-3H3,(H,15,17)(H,18,19). The topological polar surface area (TPSA) is 78.4 Å². The molecule has 1 aliphatic rings. The first-order valence-corrected chi connectivity index (χ1v) is 7.02. The number of aliphatic carboxylic acids is 1. The molecule has 0 atom stereocenters. The fraction of sp³-hybridized carbons (Fsp3) is 0.857. The molecule has 5 nitrogen and oxygen atoms in total. The van der Waals surface area contributed by atoms with E-state index in [1.54, 1.807) is 0 Å². The lowest BCUT2D eigenvalue weighted by molar-refractivity contribution is -0.143. The smallest absolute Gasteiger partial charge is 0.306 e. The molecule has 1 fully saturated rings. The van der Waals surface area contributed by atoms with Crippen LogP contribution in [0.15, 0.2) is 0 Å². The molecule has 0 radical (unpaired) electrons.